The van der Waals surface area contributed by atoms with Gasteiger partial charge in [0.2, 0.25) is 5.91 Å². The maximum Gasteiger partial charge on any atom is 0.254 e. The molecule has 0 aliphatic rings. The third-order valence-electron chi connectivity index (χ3n) is 4.56. The number of likely N-dealkylation sites (N-methyl/N-ethyl adjacent to an activating group) is 1. The molecule has 1 N–H and O–H groups in total. The van der Waals surface area contributed by atoms with E-state index in [1.807, 2.05) is 24.3 Å². The molecule has 2 aromatic rings. The van der Waals surface area contributed by atoms with Crippen molar-refractivity contribution >= 4 is 29.1 Å². The molecule has 0 saturated heterocycles. The van der Waals surface area contributed by atoms with E-state index in [-0.39, 0.29) is 18.4 Å². The predicted molar refractivity (Wildman–Crippen MR) is 115 cm³/mol. The van der Waals surface area contributed by atoms with Crippen LogP contribution in [0.4, 0.5) is 5.69 Å². The van der Waals surface area contributed by atoms with E-state index in [4.69, 9.17) is 11.6 Å². The second kappa shape index (κ2) is 10.2. The Kier molecular flexibility index (Phi) is 8.03. The topological polar surface area (TPSA) is 52.7 Å². The Labute approximate surface area is 172 Å². The maximum atomic E-state index is 12.6. The first-order chi connectivity index (χ1) is 13.3. The number of halogens is 1. The van der Waals surface area contributed by atoms with Crippen LogP contribution in [0.3, 0.4) is 0 Å². The van der Waals surface area contributed by atoms with Gasteiger partial charge in [-0.15, -0.1) is 0 Å². The molecular weight excluding hydrogens is 374 g/mol. The normalized spacial score (nSPS) is 11.0. The minimum Gasteiger partial charge on any atom is -0.332 e. The fourth-order valence-corrected chi connectivity index (χ4v) is 3.11. The molecule has 0 atom stereocenters. The van der Waals surface area contributed by atoms with Crippen LogP contribution in [0.1, 0.15) is 36.7 Å². The molecule has 0 aliphatic carbocycles. The largest absolute Gasteiger partial charge is 0.332 e. The zero-order valence-electron chi connectivity index (χ0n) is 16.9. The lowest BCUT2D eigenvalue weighted by Crippen LogP contribution is -2.35. The van der Waals surface area contributed by atoms with E-state index in [2.05, 4.69) is 31.0 Å². The van der Waals surface area contributed by atoms with Gasteiger partial charge in [0, 0.05) is 35.9 Å². The van der Waals surface area contributed by atoms with Crippen molar-refractivity contribution in [3.8, 4) is 0 Å². The number of nitrogens with zero attached hydrogens (tertiary/aromatic N) is 2. The summed E-state index contributed by atoms with van der Waals surface area (Å²) in [5.74, 6) is -0.464. The summed E-state index contributed by atoms with van der Waals surface area (Å²) in [7, 11) is 1.62. The second-order valence-corrected chi connectivity index (χ2v) is 7.51. The standard InChI is InChI=1S/C22H28ClN3O2/c1-5-26(16(2)3)14-17-9-11-18(12-10-17)22(28)25(4)15-21(27)24-20-8-6-7-19(23)13-20/h6-13,16H,5,14-15H2,1-4H3,(H,24,27). The summed E-state index contributed by atoms with van der Waals surface area (Å²) in [4.78, 5) is 28.5. The average Bonchev–Trinajstić information content (AvgIpc) is 2.65. The van der Waals surface area contributed by atoms with Crippen LogP contribution in [0.2, 0.25) is 5.02 Å². The summed E-state index contributed by atoms with van der Waals surface area (Å²) in [6.45, 7) is 8.27. The summed E-state index contributed by atoms with van der Waals surface area (Å²) in [5.41, 5.74) is 2.33. The fraction of sp³-hybridized carbons (Fsp3) is 0.364. The lowest BCUT2D eigenvalue weighted by molar-refractivity contribution is -0.116. The molecular formula is C22H28ClN3O2. The quantitative estimate of drug-likeness (QED) is 0.718. The zero-order valence-corrected chi connectivity index (χ0v) is 17.7. The first-order valence-corrected chi connectivity index (χ1v) is 9.81. The van der Waals surface area contributed by atoms with Gasteiger partial charge >= 0.3 is 0 Å². The van der Waals surface area contributed by atoms with Gasteiger partial charge < -0.3 is 10.2 Å². The van der Waals surface area contributed by atoms with Crippen LogP contribution in [-0.2, 0) is 11.3 Å². The fourth-order valence-electron chi connectivity index (χ4n) is 2.92. The predicted octanol–water partition coefficient (Wildman–Crippen LogP) is 4.28. The van der Waals surface area contributed by atoms with Crippen LogP contribution < -0.4 is 5.32 Å². The number of rotatable bonds is 8. The Hall–Kier alpha value is -2.37. The number of nitrogens with one attached hydrogen (secondary N) is 1. The molecule has 0 bridgehead atoms. The van der Waals surface area contributed by atoms with Crippen LogP contribution in [-0.4, -0.2) is 47.8 Å². The summed E-state index contributed by atoms with van der Waals surface area (Å²) in [5, 5.41) is 3.29. The van der Waals surface area contributed by atoms with E-state index in [9.17, 15) is 9.59 Å². The highest BCUT2D eigenvalue weighted by molar-refractivity contribution is 6.30. The van der Waals surface area contributed by atoms with E-state index in [0.717, 1.165) is 18.7 Å². The van der Waals surface area contributed by atoms with Crippen molar-refractivity contribution in [1.29, 1.82) is 0 Å². The summed E-state index contributed by atoms with van der Waals surface area (Å²) >= 11 is 5.92. The lowest BCUT2D eigenvalue weighted by atomic mass is 10.1. The minimum atomic E-state index is -0.273. The molecule has 0 heterocycles. The maximum absolute atomic E-state index is 12.6. The van der Waals surface area contributed by atoms with Crippen molar-refractivity contribution in [2.24, 2.45) is 0 Å². The molecule has 0 spiro atoms. The molecule has 0 fully saturated rings. The lowest BCUT2D eigenvalue weighted by Gasteiger charge is -2.24. The third-order valence-corrected chi connectivity index (χ3v) is 4.79. The van der Waals surface area contributed by atoms with Gasteiger partial charge in [-0.25, -0.2) is 0 Å². The first-order valence-electron chi connectivity index (χ1n) is 9.44. The van der Waals surface area contributed by atoms with Crippen molar-refractivity contribution < 1.29 is 9.59 Å². The molecule has 5 nitrogen and oxygen atoms in total. The van der Waals surface area contributed by atoms with Crippen LogP contribution >= 0.6 is 11.6 Å². The van der Waals surface area contributed by atoms with Gasteiger partial charge in [0.15, 0.2) is 0 Å². The van der Waals surface area contributed by atoms with E-state index in [1.165, 1.54) is 4.90 Å². The van der Waals surface area contributed by atoms with Crippen LogP contribution in [0.5, 0.6) is 0 Å². The van der Waals surface area contributed by atoms with Crippen LogP contribution in [0.15, 0.2) is 48.5 Å². The Balaban J connectivity index is 1.94. The number of hydrogen-bond donors (Lipinski definition) is 1. The number of carbonyl (C=O) groups is 2. The average molecular weight is 402 g/mol. The molecule has 6 heteroatoms. The van der Waals surface area contributed by atoms with Gasteiger partial charge in [0.1, 0.15) is 0 Å². The Morgan fingerprint density at radius 3 is 2.36 bits per heavy atom. The third kappa shape index (κ3) is 6.36. The Morgan fingerprint density at radius 1 is 1.11 bits per heavy atom. The molecule has 2 amide bonds. The van der Waals surface area contributed by atoms with Crippen molar-refractivity contribution in [3.05, 3.63) is 64.7 Å². The minimum absolute atomic E-state index is 0.0376. The first kappa shape index (κ1) is 21.9. The molecule has 150 valence electrons. The highest BCUT2D eigenvalue weighted by Gasteiger charge is 2.16. The van der Waals surface area contributed by atoms with Crippen molar-refractivity contribution in [3.63, 3.8) is 0 Å². The SMILES string of the molecule is CCN(Cc1ccc(C(=O)N(C)CC(=O)Nc2cccc(Cl)c2)cc1)C(C)C. The highest BCUT2D eigenvalue weighted by Crippen LogP contribution is 2.15. The smallest absolute Gasteiger partial charge is 0.254 e. The molecule has 28 heavy (non-hydrogen) atoms. The number of hydrogen-bond acceptors (Lipinski definition) is 3. The number of amides is 2. The molecule has 2 aromatic carbocycles. The molecule has 0 unspecified atom stereocenters. The second-order valence-electron chi connectivity index (χ2n) is 7.07. The molecule has 0 aromatic heterocycles. The molecule has 0 radical (unpaired) electrons. The molecule has 0 saturated carbocycles. The van der Waals surface area contributed by atoms with E-state index in [0.29, 0.717) is 22.3 Å². The number of benzene rings is 2. The number of anilines is 1. The van der Waals surface area contributed by atoms with E-state index >= 15 is 0 Å². The van der Waals surface area contributed by atoms with Gasteiger partial charge in [-0.3, -0.25) is 14.5 Å². The van der Waals surface area contributed by atoms with E-state index < -0.39 is 0 Å². The van der Waals surface area contributed by atoms with Crippen molar-refractivity contribution in [2.75, 3.05) is 25.5 Å². The Morgan fingerprint density at radius 2 is 1.79 bits per heavy atom. The van der Waals surface area contributed by atoms with Gasteiger partial charge in [0.25, 0.3) is 5.91 Å². The van der Waals surface area contributed by atoms with Gasteiger partial charge in [-0.2, -0.15) is 0 Å². The van der Waals surface area contributed by atoms with Crippen molar-refractivity contribution in [1.82, 2.24) is 9.80 Å². The summed E-state index contributed by atoms with van der Waals surface area (Å²) in [6.07, 6.45) is 0. The molecule has 0 aliphatic heterocycles. The number of carbonyl (C=O) groups excluding carboxylic acids is 2. The van der Waals surface area contributed by atoms with Crippen LogP contribution in [0.25, 0.3) is 0 Å². The highest BCUT2D eigenvalue weighted by atomic mass is 35.5. The van der Waals surface area contributed by atoms with Gasteiger partial charge in [-0.05, 0) is 56.3 Å². The monoisotopic (exact) mass is 401 g/mol. The summed E-state index contributed by atoms with van der Waals surface area (Å²) in [6, 6.07) is 14.9. The van der Waals surface area contributed by atoms with Crippen molar-refractivity contribution in [2.45, 2.75) is 33.4 Å². The Bertz CT molecular complexity index is 806. The van der Waals surface area contributed by atoms with E-state index in [1.54, 1.807) is 31.3 Å². The summed E-state index contributed by atoms with van der Waals surface area (Å²) < 4.78 is 0. The van der Waals surface area contributed by atoms with Crippen LogP contribution in [0, 0.1) is 0 Å². The van der Waals surface area contributed by atoms with Gasteiger partial charge in [0.05, 0.1) is 6.54 Å². The zero-order chi connectivity index (χ0) is 20.7. The van der Waals surface area contributed by atoms with Gasteiger partial charge in [-0.1, -0.05) is 36.7 Å². The molecule has 2 rings (SSSR count).